The average Bonchev–Trinajstić information content (AvgIpc) is 3.68. The zero-order valence-electron chi connectivity index (χ0n) is 17.8. The molecule has 1 aromatic heterocycles. The molecule has 1 aliphatic carbocycles. The fraction of sp³-hybridized carbons (Fsp3) is 0.320. The third-order valence-electron chi connectivity index (χ3n) is 6.28. The van der Waals surface area contributed by atoms with Crippen molar-refractivity contribution in [1.82, 2.24) is 14.8 Å². The monoisotopic (exact) mass is 453 g/mol. The summed E-state index contributed by atoms with van der Waals surface area (Å²) in [4.78, 5) is 34.0. The molecule has 0 unspecified atom stereocenters. The SMILES string of the molecule is O=C(c1ccccc1C(F)(F)F)N1CCN(C(=O)c2cc(C3CC3)nc3ccccc23)CC1. The molecule has 2 heterocycles. The average molecular weight is 453 g/mol. The van der Waals surface area contributed by atoms with E-state index in [4.69, 9.17) is 4.98 Å². The first kappa shape index (κ1) is 21.4. The van der Waals surface area contributed by atoms with Crippen LogP contribution in [0.2, 0.25) is 0 Å². The summed E-state index contributed by atoms with van der Waals surface area (Å²) < 4.78 is 40.0. The maximum absolute atomic E-state index is 13.4. The highest BCUT2D eigenvalue weighted by atomic mass is 19.4. The number of halogens is 3. The number of hydrogen-bond donors (Lipinski definition) is 0. The van der Waals surface area contributed by atoms with E-state index in [2.05, 4.69) is 0 Å². The second-order valence-electron chi connectivity index (χ2n) is 8.51. The minimum Gasteiger partial charge on any atom is -0.335 e. The molecule has 0 atom stereocenters. The van der Waals surface area contributed by atoms with E-state index in [0.29, 0.717) is 11.5 Å². The van der Waals surface area contributed by atoms with Crippen molar-refractivity contribution in [1.29, 1.82) is 0 Å². The number of fused-ring (bicyclic) bond motifs is 1. The molecule has 0 radical (unpaired) electrons. The van der Waals surface area contributed by atoms with Gasteiger partial charge in [0.2, 0.25) is 0 Å². The fourth-order valence-electron chi connectivity index (χ4n) is 4.33. The lowest BCUT2D eigenvalue weighted by Crippen LogP contribution is -2.50. The summed E-state index contributed by atoms with van der Waals surface area (Å²) in [5.74, 6) is -0.414. The molecular formula is C25H22F3N3O2. The highest BCUT2D eigenvalue weighted by Crippen LogP contribution is 2.40. The van der Waals surface area contributed by atoms with Gasteiger partial charge < -0.3 is 9.80 Å². The maximum atomic E-state index is 13.4. The Morgan fingerprint density at radius 3 is 2.03 bits per heavy atom. The van der Waals surface area contributed by atoms with Gasteiger partial charge in [0.25, 0.3) is 11.8 Å². The number of benzene rings is 2. The van der Waals surface area contributed by atoms with Crippen molar-refractivity contribution in [3.63, 3.8) is 0 Å². The number of hydrogen-bond acceptors (Lipinski definition) is 3. The molecule has 5 nitrogen and oxygen atoms in total. The molecule has 1 saturated heterocycles. The number of piperazine rings is 1. The quantitative estimate of drug-likeness (QED) is 0.576. The number of pyridine rings is 1. The van der Waals surface area contributed by atoms with Crippen molar-refractivity contribution >= 4 is 22.7 Å². The van der Waals surface area contributed by atoms with Gasteiger partial charge in [-0.3, -0.25) is 14.6 Å². The minimum absolute atomic E-state index is 0.140. The van der Waals surface area contributed by atoms with E-state index in [-0.39, 0.29) is 37.6 Å². The van der Waals surface area contributed by atoms with Gasteiger partial charge >= 0.3 is 6.18 Å². The standard InChI is InChI=1S/C25H22F3N3O2/c26-25(27,28)20-7-3-1-6-18(20)23(32)30-11-13-31(14-12-30)24(33)19-15-22(16-9-10-16)29-21-8-4-2-5-17(19)21/h1-8,15-16H,9-14H2. The summed E-state index contributed by atoms with van der Waals surface area (Å²) in [7, 11) is 0. The van der Waals surface area contributed by atoms with Gasteiger partial charge in [-0.05, 0) is 37.1 Å². The third kappa shape index (κ3) is 4.17. The van der Waals surface area contributed by atoms with Gasteiger partial charge in [-0.1, -0.05) is 30.3 Å². The van der Waals surface area contributed by atoms with Crippen LogP contribution in [-0.4, -0.2) is 52.8 Å². The molecule has 2 amide bonds. The molecule has 8 heteroatoms. The Bertz CT molecular complexity index is 1230. The van der Waals surface area contributed by atoms with Crippen molar-refractivity contribution in [2.45, 2.75) is 24.9 Å². The van der Waals surface area contributed by atoms with Crippen molar-refractivity contribution in [3.05, 3.63) is 77.0 Å². The van der Waals surface area contributed by atoms with Crippen molar-refractivity contribution in [2.75, 3.05) is 26.2 Å². The zero-order chi connectivity index (χ0) is 23.2. The first-order chi connectivity index (χ1) is 15.8. The highest BCUT2D eigenvalue weighted by Gasteiger charge is 2.37. The second-order valence-corrected chi connectivity index (χ2v) is 8.51. The smallest absolute Gasteiger partial charge is 0.335 e. The Morgan fingerprint density at radius 2 is 1.39 bits per heavy atom. The summed E-state index contributed by atoms with van der Waals surface area (Å²) in [5.41, 5.74) is 0.991. The molecule has 0 bridgehead atoms. The molecule has 5 rings (SSSR count). The van der Waals surface area contributed by atoms with Crippen molar-refractivity contribution in [3.8, 4) is 0 Å². The number of para-hydroxylation sites is 1. The number of aromatic nitrogens is 1. The number of alkyl halides is 3. The molecule has 3 aromatic rings. The lowest BCUT2D eigenvalue weighted by Gasteiger charge is -2.35. The van der Waals surface area contributed by atoms with Gasteiger partial charge in [0.05, 0.1) is 22.2 Å². The van der Waals surface area contributed by atoms with E-state index in [1.807, 2.05) is 30.3 Å². The Labute approximate surface area is 188 Å². The number of carbonyl (C=O) groups excluding carboxylic acids is 2. The van der Waals surface area contributed by atoms with Crippen LogP contribution >= 0.6 is 0 Å². The molecule has 1 aliphatic heterocycles. The van der Waals surface area contributed by atoms with Gasteiger partial charge in [-0.2, -0.15) is 13.2 Å². The number of amides is 2. The van der Waals surface area contributed by atoms with Crippen LogP contribution in [0.25, 0.3) is 10.9 Å². The first-order valence-electron chi connectivity index (χ1n) is 11.0. The van der Waals surface area contributed by atoms with Crippen LogP contribution in [0.5, 0.6) is 0 Å². The second kappa shape index (κ2) is 8.17. The van der Waals surface area contributed by atoms with Crippen LogP contribution in [0.3, 0.4) is 0 Å². The topological polar surface area (TPSA) is 53.5 Å². The van der Waals surface area contributed by atoms with Crippen LogP contribution in [-0.2, 0) is 6.18 Å². The summed E-state index contributed by atoms with van der Waals surface area (Å²) in [6.45, 7) is 0.868. The third-order valence-corrected chi connectivity index (χ3v) is 6.28. The predicted molar refractivity (Wildman–Crippen MR) is 117 cm³/mol. The molecule has 170 valence electrons. The van der Waals surface area contributed by atoms with Gasteiger partial charge in [-0.25, -0.2) is 0 Å². The zero-order valence-corrected chi connectivity index (χ0v) is 17.8. The maximum Gasteiger partial charge on any atom is 0.417 e. The van der Waals surface area contributed by atoms with E-state index in [9.17, 15) is 22.8 Å². The number of carbonyl (C=O) groups is 2. The van der Waals surface area contributed by atoms with Gasteiger partial charge in [0.15, 0.2) is 0 Å². The Balaban J connectivity index is 1.34. The summed E-state index contributed by atoms with van der Waals surface area (Å²) in [6.07, 6.45) is -2.47. The van der Waals surface area contributed by atoms with Gasteiger partial charge in [0.1, 0.15) is 0 Å². The lowest BCUT2D eigenvalue weighted by molar-refractivity contribution is -0.138. The number of nitrogens with zero attached hydrogens (tertiary/aromatic N) is 3. The lowest BCUT2D eigenvalue weighted by atomic mass is 10.0. The summed E-state index contributed by atoms with van der Waals surface area (Å²) in [5, 5.41) is 0.782. The Morgan fingerprint density at radius 1 is 0.818 bits per heavy atom. The first-order valence-corrected chi connectivity index (χ1v) is 11.0. The van der Waals surface area contributed by atoms with Crippen LogP contribution < -0.4 is 0 Å². The minimum atomic E-state index is -4.61. The molecule has 33 heavy (non-hydrogen) atoms. The van der Waals surface area contributed by atoms with E-state index in [1.54, 1.807) is 4.90 Å². The van der Waals surface area contributed by atoms with Crippen LogP contribution in [0.4, 0.5) is 13.2 Å². The van der Waals surface area contributed by atoms with Crippen LogP contribution in [0, 0.1) is 0 Å². The van der Waals surface area contributed by atoms with Crippen LogP contribution in [0.1, 0.15) is 50.7 Å². The van der Waals surface area contributed by atoms with Gasteiger partial charge in [-0.15, -0.1) is 0 Å². The van der Waals surface area contributed by atoms with E-state index < -0.39 is 17.6 Å². The summed E-state index contributed by atoms with van der Waals surface area (Å²) >= 11 is 0. The largest absolute Gasteiger partial charge is 0.417 e. The van der Waals surface area contributed by atoms with E-state index >= 15 is 0 Å². The normalized spacial score (nSPS) is 16.8. The van der Waals surface area contributed by atoms with Crippen molar-refractivity contribution < 1.29 is 22.8 Å². The number of rotatable bonds is 3. The summed E-state index contributed by atoms with van der Waals surface area (Å²) in [6, 6.07) is 14.2. The molecule has 2 fully saturated rings. The van der Waals surface area contributed by atoms with Crippen LogP contribution in [0.15, 0.2) is 54.6 Å². The highest BCUT2D eigenvalue weighted by molar-refractivity contribution is 6.06. The molecule has 1 saturated carbocycles. The van der Waals surface area contributed by atoms with Gasteiger partial charge in [0, 0.05) is 43.2 Å². The van der Waals surface area contributed by atoms with Crippen molar-refractivity contribution in [2.24, 2.45) is 0 Å². The Kier molecular flexibility index (Phi) is 5.31. The molecule has 2 aromatic carbocycles. The Hall–Kier alpha value is -3.42. The van der Waals surface area contributed by atoms with E-state index in [1.165, 1.54) is 23.1 Å². The molecular weight excluding hydrogens is 431 g/mol. The fourth-order valence-corrected chi connectivity index (χ4v) is 4.33. The molecule has 0 spiro atoms. The molecule has 2 aliphatic rings. The van der Waals surface area contributed by atoms with E-state index in [0.717, 1.165) is 35.5 Å². The predicted octanol–water partition coefficient (Wildman–Crippen LogP) is 4.73. The molecule has 0 N–H and O–H groups in total.